The lowest BCUT2D eigenvalue weighted by Crippen LogP contribution is -2.23. The van der Waals surface area contributed by atoms with Gasteiger partial charge in [0, 0.05) is 16.7 Å². The lowest BCUT2D eigenvalue weighted by molar-refractivity contribution is 0.448. The monoisotopic (exact) mass is 232 g/mol. The van der Waals surface area contributed by atoms with Gasteiger partial charge in [-0.3, -0.25) is 0 Å². The molecule has 0 unspecified atom stereocenters. The number of halogens is 4. The molecule has 80 valence electrons. The van der Waals surface area contributed by atoms with E-state index >= 15 is 0 Å². The van der Waals surface area contributed by atoms with Crippen LogP contribution in [0.25, 0.3) is 10.9 Å². The van der Waals surface area contributed by atoms with Crippen molar-refractivity contribution in [2.24, 2.45) is 0 Å². The molecule has 0 spiro atoms. The van der Waals surface area contributed by atoms with Crippen LogP contribution in [0.5, 0.6) is 0 Å². The van der Waals surface area contributed by atoms with E-state index in [0.29, 0.717) is 10.5 Å². The maximum Gasteiger partial charge on any atom is 0.497 e. The maximum atomic E-state index is 12.3. The van der Waals surface area contributed by atoms with E-state index in [1.807, 2.05) is 0 Å². The Balaban J connectivity index is 2.48. The summed E-state index contributed by atoms with van der Waals surface area (Å²) in [4.78, 5) is 0. The number of nitrogens with zero attached hydrogens (tertiary/aromatic N) is 1. The summed E-state index contributed by atoms with van der Waals surface area (Å²) < 4.78 is 37.9. The van der Waals surface area contributed by atoms with Gasteiger partial charge in [-0.1, -0.05) is 17.7 Å². The van der Waals surface area contributed by atoms with E-state index in [-0.39, 0.29) is 0 Å². The van der Waals surface area contributed by atoms with E-state index in [1.165, 1.54) is 10.8 Å². The topological polar surface area (TPSA) is 4.93 Å². The summed E-state index contributed by atoms with van der Waals surface area (Å²) in [6.45, 7) is -4.83. The fourth-order valence-electron chi connectivity index (χ4n) is 1.54. The Hall–Kier alpha value is -1.10. The second-order valence-electron chi connectivity index (χ2n) is 3.38. The van der Waals surface area contributed by atoms with Crippen LogP contribution in [-0.2, 0) is 6.44 Å². The maximum absolute atomic E-state index is 12.3. The molecule has 15 heavy (non-hydrogen) atoms. The van der Waals surface area contributed by atoms with Crippen LogP contribution in [0.4, 0.5) is 12.9 Å². The number of benzene rings is 1. The summed E-state index contributed by atoms with van der Waals surface area (Å²) in [5.41, 5.74) is 0.515. The third kappa shape index (κ3) is 2.29. The molecule has 1 nitrogen and oxygen atoms in total. The van der Waals surface area contributed by atoms with Gasteiger partial charge in [-0.25, -0.2) is 0 Å². The minimum Gasteiger partial charge on any atom is -0.448 e. The zero-order valence-electron chi connectivity index (χ0n) is 7.63. The molecule has 2 rings (SSSR count). The highest BCUT2D eigenvalue weighted by Crippen LogP contribution is 2.22. The van der Waals surface area contributed by atoms with Gasteiger partial charge >= 0.3 is 6.98 Å². The first-order valence-electron chi connectivity index (χ1n) is 4.41. The van der Waals surface area contributed by atoms with Crippen LogP contribution in [-0.4, -0.2) is 11.5 Å². The molecular weight excluding hydrogens is 225 g/mol. The van der Waals surface area contributed by atoms with Gasteiger partial charge in [0.1, 0.15) is 0 Å². The molecule has 0 saturated heterocycles. The second kappa shape index (κ2) is 3.49. The number of rotatable bonds is 2. The standard InChI is InChI=1S/C9H7BClF3N/c11-8-2-1-7-3-4-15(9(7)5-8)6-10(12,13)14/h1-5H,6H2/q-1. The highest BCUT2D eigenvalue weighted by atomic mass is 35.5. The summed E-state index contributed by atoms with van der Waals surface area (Å²) in [6, 6.07) is 6.55. The molecule has 1 aromatic heterocycles. The highest BCUT2D eigenvalue weighted by Gasteiger charge is 2.23. The fourth-order valence-corrected chi connectivity index (χ4v) is 1.71. The predicted octanol–water partition coefficient (Wildman–Crippen LogP) is 3.68. The van der Waals surface area contributed by atoms with Gasteiger partial charge in [-0.05, 0) is 30.0 Å². The molecule has 0 amide bonds. The van der Waals surface area contributed by atoms with Crippen molar-refractivity contribution < 1.29 is 12.9 Å². The van der Waals surface area contributed by atoms with Crippen LogP contribution < -0.4 is 0 Å². The Morgan fingerprint density at radius 1 is 1.20 bits per heavy atom. The molecule has 0 aliphatic rings. The first kappa shape index (κ1) is 10.4. The van der Waals surface area contributed by atoms with Crippen molar-refractivity contribution in [2.45, 2.75) is 6.44 Å². The van der Waals surface area contributed by atoms with E-state index in [0.717, 1.165) is 5.39 Å². The smallest absolute Gasteiger partial charge is 0.448 e. The fraction of sp³-hybridized carbons (Fsp3) is 0.111. The van der Waals surface area contributed by atoms with Gasteiger partial charge in [-0.15, -0.1) is 0 Å². The van der Waals surface area contributed by atoms with Crippen LogP contribution in [0.2, 0.25) is 5.02 Å². The molecule has 0 saturated carbocycles. The van der Waals surface area contributed by atoms with Crippen molar-refractivity contribution in [3.05, 3.63) is 35.5 Å². The first-order chi connectivity index (χ1) is 6.96. The molecular formula is C9H7BClF3N-. The van der Waals surface area contributed by atoms with E-state index < -0.39 is 13.4 Å². The Bertz CT molecular complexity index is 492. The van der Waals surface area contributed by atoms with E-state index in [1.54, 1.807) is 24.3 Å². The Kier molecular flexibility index (Phi) is 2.42. The normalized spacial score (nSPS) is 12.3. The number of aromatic nitrogens is 1. The summed E-state index contributed by atoms with van der Waals surface area (Å²) >= 11 is 5.73. The number of hydrogen-bond acceptors (Lipinski definition) is 0. The summed E-state index contributed by atoms with van der Waals surface area (Å²) in [5, 5.41) is 1.21. The molecule has 0 atom stereocenters. The van der Waals surface area contributed by atoms with Gasteiger partial charge < -0.3 is 17.5 Å². The highest BCUT2D eigenvalue weighted by molar-refractivity contribution is 6.57. The van der Waals surface area contributed by atoms with Crippen molar-refractivity contribution >= 4 is 29.5 Å². The van der Waals surface area contributed by atoms with E-state index in [2.05, 4.69) is 0 Å². The number of fused-ring (bicyclic) bond motifs is 1. The molecule has 0 fully saturated rings. The second-order valence-corrected chi connectivity index (χ2v) is 3.82. The minimum atomic E-state index is -4.83. The average molecular weight is 232 g/mol. The average Bonchev–Trinajstić information content (AvgIpc) is 2.46. The van der Waals surface area contributed by atoms with Crippen molar-refractivity contribution in [1.82, 2.24) is 4.57 Å². The van der Waals surface area contributed by atoms with Crippen molar-refractivity contribution in [3.63, 3.8) is 0 Å². The van der Waals surface area contributed by atoms with Crippen LogP contribution in [0.3, 0.4) is 0 Å². The zero-order valence-corrected chi connectivity index (χ0v) is 8.39. The number of hydrogen-bond donors (Lipinski definition) is 0. The molecule has 1 aromatic carbocycles. The van der Waals surface area contributed by atoms with Gasteiger partial charge in [0.15, 0.2) is 0 Å². The Labute approximate surface area is 89.5 Å². The third-order valence-electron chi connectivity index (χ3n) is 2.14. The van der Waals surface area contributed by atoms with Gasteiger partial charge in [0.2, 0.25) is 0 Å². The quantitative estimate of drug-likeness (QED) is 0.696. The molecule has 0 N–H and O–H groups in total. The lowest BCUT2D eigenvalue weighted by Gasteiger charge is -2.15. The van der Waals surface area contributed by atoms with E-state index in [4.69, 9.17) is 11.6 Å². The SMILES string of the molecule is F[B-](F)(F)Cn1ccc2ccc(Cl)cc21. The first-order valence-corrected chi connectivity index (χ1v) is 4.79. The molecule has 1 heterocycles. The molecule has 0 aliphatic heterocycles. The third-order valence-corrected chi connectivity index (χ3v) is 2.37. The van der Waals surface area contributed by atoms with Gasteiger partial charge in [-0.2, -0.15) is 0 Å². The van der Waals surface area contributed by atoms with Crippen LogP contribution in [0.15, 0.2) is 30.5 Å². The van der Waals surface area contributed by atoms with Crippen molar-refractivity contribution in [2.75, 3.05) is 0 Å². The van der Waals surface area contributed by atoms with Crippen LogP contribution >= 0.6 is 11.6 Å². The van der Waals surface area contributed by atoms with Crippen molar-refractivity contribution in [3.8, 4) is 0 Å². The van der Waals surface area contributed by atoms with Crippen LogP contribution in [0.1, 0.15) is 0 Å². The van der Waals surface area contributed by atoms with Crippen molar-refractivity contribution in [1.29, 1.82) is 0 Å². The molecule has 6 heteroatoms. The lowest BCUT2D eigenvalue weighted by atomic mass is 9.92. The molecule has 2 aromatic rings. The zero-order chi connectivity index (χ0) is 11.1. The largest absolute Gasteiger partial charge is 0.497 e. The molecule has 0 aliphatic carbocycles. The Morgan fingerprint density at radius 3 is 2.60 bits per heavy atom. The predicted molar refractivity (Wildman–Crippen MR) is 56.0 cm³/mol. The van der Waals surface area contributed by atoms with Gasteiger partial charge in [0.25, 0.3) is 0 Å². The summed E-state index contributed by atoms with van der Waals surface area (Å²) in [6.07, 6.45) is 0.500. The molecule has 0 radical (unpaired) electrons. The minimum absolute atomic E-state index is 0.442. The molecule has 0 bridgehead atoms. The summed E-state index contributed by atoms with van der Waals surface area (Å²) in [5.74, 6) is 0. The Morgan fingerprint density at radius 2 is 1.93 bits per heavy atom. The van der Waals surface area contributed by atoms with E-state index in [9.17, 15) is 12.9 Å². The van der Waals surface area contributed by atoms with Gasteiger partial charge in [0.05, 0.1) is 0 Å². The van der Waals surface area contributed by atoms with Crippen LogP contribution in [0, 0.1) is 0 Å². The summed E-state index contributed by atoms with van der Waals surface area (Å²) in [7, 11) is 0.